The molecule has 5 rings (SSSR count). The molecule has 0 saturated carbocycles. The van der Waals surface area contributed by atoms with E-state index in [1.54, 1.807) is 4.90 Å². The Kier molecular flexibility index (Phi) is 8.98. The van der Waals surface area contributed by atoms with E-state index in [9.17, 15) is 45.1 Å². The number of thiophene rings is 1. The average Bonchev–Trinajstić information content (AvgIpc) is 3.38. The van der Waals surface area contributed by atoms with Crippen molar-refractivity contribution >= 4 is 50.5 Å². The van der Waals surface area contributed by atoms with Crippen LogP contribution >= 0.6 is 11.3 Å². The van der Waals surface area contributed by atoms with Gasteiger partial charge in [-0.15, -0.1) is 11.3 Å². The Hall–Kier alpha value is -4.66. The lowest BCUT2D eigenvalue weighted by Gasteiger charge is -2.27. The lowest BCUT2D eigenvalue weighted by atomic mass is 10.1. The van der Waals surface area contributed by atoms with Gasteiger partial charge < -0.3 is 20.3 Å². The van der Waals surface area contributed by atoms with Crippen molar-refractivity contribution < 1.29 is 49.9 Å². The van der Waals surface area contributed by atoms with Gasteiger partial charge in [-0.3, -0.25) is 14.4 Å². The first-order chi connectivity index (χ1) is 21.7. The quantitative estimate of drug-likeness (QED) is 0.203. The Balaban J connectivity index is 1.54. The molecule has 46 heavy (non-hydrogen) atoms. The molecule has 0 unspecified atom stereocenters. The molecule has 1 aliphatic rings. The van der Waals surface area contributed by atoms with E-state index in [0.717, 1.165) is 43.5 Å². The molecule has 0 bridgehead atoms. The van der Waals surface area contributed by atoms with Crippen LogP contribution in [0, 0.1) is 5.82 Å². The zero-order valence-corrected chi connectivity index (χ0v) is 24.7. The Bertz CT molecular complexity index is 1830. The summed E-state index contributed by atoms with van der Waals surface area (Å²) in [7, 11) is 1.29. The maximum atomic E-state index is 13.8. The van der Waals surface area contributed by atoms with Gasteiger partial charge in [-0.05, 0) is 67.8 Å². The Morgan fingerprint density at radius 2 is 1.54 bits per heavy atom. The number of rotatable bonds is 6. The monoisotopic (exact) mass is 667 g/mol. The number of amides is 3. The second-order valence-electron chi connectivity index (χ2n) is 10.4. The van der Waals surface area contributed by atoms with Crippen molar-refractivity contribution in [2.75, 3.05) is 30.8 Å². The molecule has 1 fully saturated rings. The van der Waals surface area contributed by atoms with E-state index >= 15 is 0 Å². The van der Waals surface area contributed by atoms with E-state index in [0.29, 0.717) is 36.6 Å². The molecular weight excluding hydrogens is 643 g/mol. The number of fused-ring (bicyclic) bond motifs is 1. The minimum Gasteiger partial charge on any atom is -0.496 e. The summed E-state index contributed by atoms with van der Waals surface area (Å²) in [6.07, 6.45) is -7.16. The number of methoxy groups -OCH3 is 1. The highest BCUT2D eigenvalue weighted by molar-refractivity contribution is 7.21. The van der Waals surface area contributed by atoms with E-state index in [1.807, 2.05) is 0 Å². The van der Waals surface area contributed by atoms with Crippen molar-refractivity contribution in [3.8, 4) is 5.75 Å². The van der Waals surface area contributed by atoms with Crippen LogP contribution < -0.4 is 15.4 Å². The lowest BCUT2D eigenvalue weighted by molar-refractivity contribution is -0.140. The first-order valence-electron chi connectivity index (χ1n) is 13.8. The molecule has 0 atom stereocenters. The van der Waals surface area contributed by atoms with Crippen molar-refractivity contribution in [2.24, 2.45) is 0 Å². The highest BCUT2D eigenvalue weighted by Crippen LogP contribution is 2.41. The molecule has 1 saturated heterocycles. The van der Waals surface area contributed by atoms with Crippen LogP contribution in [0.15, 0.2) is 54.6 Å². The van der Waals surface area contributed by atoms with Crippen molar-refractivity contribution in [1.82, 2.24) is 4.90 Å². The first-order valence-corrected chi connectivity index (χ1v) is 14.6. The summed E-state index contributed by atoms with van der Waals surface area (Å²) in [5.74, 6) is -3.78. The maximum Gasteiger partial charge on any atom is 0.419 e. The molecule has 1 aliphatic heterocycles. The number of carbonyl (C=O) groups is 3. The van der Waals surface area contributed by atoms with Gasteiger partial charge in [-0.1, -0.05) is 6.07 Å². The van der Waals surface area contributed by atoms with Gasteiger partial charge in [-0.25, -0.2) is 4.39 Å². The van der Waals surface area contributed by atoms with Gasteiger partial charge >= 0.3 is 12.4 Å². The number of nitrogens with zero attached hydrogens (tertiary/aromatic N) is 1. The number of likely N-dealkylation sites (tertiary alicyclic amines) is 1. The summed E-state index contributed by atoms with van der Waals surface area (Å²) in [6, 6.07) is 8.53. The van der Waals surface area contributed by atoms with Gasteiger partial charge in [0.2, 0.25) is 0 Å². The number of hydrogen-bond acceptors (Lipinski definition) is 5. The van der Waals surface area contributed by atoms with E-state index < -0.39 is 46.8 Å². The number of hydrogen-bond donors (Lipinski definition) is 2. The number of ether oxygens (including phenoxy) is 1. The highest BCUT2D eigenvalue weighted by Gasteiger charge is 2.35. The molecule has 3 amide bonds. The van der Waals surface area contributed by atoms with Crippen LogP contribution in [-0.2, 0) is 12.4 Å². The molecule has 0 aliphatic carbocycles. The summed E-state index contributed by atoms with van der Waals surface area (Å²) in [4.78, 5) is 41.4. The van der Waals surface area contributed by atoms with Crippen molar-refractivity contribution in [1.29, 1.82) is 0 Å². The summed E-state index contributed by atoms with van der Waals surface area (Å²) in [5, 5.41) is 4.75. The predicted molar refractivity (Wildman–Crippen MR) is 157 cm³/mol. The molecule has 15 heteroatoms. The third-order valence-electron chi connectivity index (χ3n) is 7.33. The van der Waals surface area contributed by atoms with Gasteiger partial charge in [0, 0.05) is 34.4 Å². The smallest absolute Gasteiger partial charge is 0.419 e. The fourth-order valence-electron chi connectivity index (χ4n) is 5.04. The third-order valence-corrected chi connectivity index (χ3v) is 8.48. The first kappa shape index (κ1) is 32.7. The molecule has 7 nitrogen and oxygen atoms in total. The molecule has 4 aromatic rings. The largest absolute Gasteiger partial charge is 0.496 e. The number of piperidine rings is 1. The predicted octanol–water partition coefficient (Wildman–Crippen LogP) is 8.22. The molecule has 0 radical (unpaired) electrons. The van der Waals surface area contributed by atoms with E-state index in [1.165, 1.54) is 25.3 Å². The fourth-order valence-corrected chi connectivity index (χ4v) is 6.14. The standard InChI is InChI=1S/C31H24F7N3O4S/c1-45-23-10-5-16(29(44)41-11-3-2-4-12-41)13-20(23)27(42)40-25-19-8-6-17(30(33,34)35)14-24(19)46-26(25)28(43)39-18-7-9-22(32)21(15-18)31(36,37)38/h5-10,13-15H,2-4,11-12H2,1H3,(H,39,43)(H,40,42). The van der Waals surface area contributed by atoms with Crippen molar-refractivity contribution in [3.63, 3.8) is 0 Å². The van der Waals surface area contributed by atoms with Crippen LogP contribution in [0.4, 0.5) is 42.1 Å². The number of carbonyl (C=O) groups excluding carboxylic acids is 3. The Morgan fingerprint density at radius 1 is 0.826 bits per heavy atom. The molecule has 2 heterocycles. The number of benzene rings is 3. The van der Waals surface area contributed by atoms with Crippen LogP contribution in [0.2, 0.25) is 0 Å². The van der Waals surface area contributed by atoms with Crippen molar-refractivity contribution in [3.05, 3.63) is 87.5 Å². The molecule has 3 aromatic carbocycles. The molecule has 2 N–H and O–H groups in total. The molecular formula is C31H24F7N3O4S. The Morgan fingerprint density at radius 3 is 2.20 bits per heavy atom. The third kappa shape index (κ3) is 6.78. The second-order valence-corrected chi connectivity index (χ2v) is 11.4. The summed E-state index contributed by atoms with van der Waals surface area (Å²) in [5.41, 5.74) is -3.29. The lowest BCUT2D eigenvalue weighted by Crippen LogP contribution is -2.35. The zero-order chi connectivity index (χ0) is 33.4. The average molecular weight is 668 g/mol. The van der Waals surface area contributed by atoms with Crippen LogP contribution in [0.3, 0.4) is 0 Å². The fraction of sp³-hybridized carbons (Fsp3) is 0.258. The van der Waals surface area contributed by atoms with Gasteiger partial charge in [0.05, 0.1) is 29.5 Å². The normalized spacial score (nSPS) is 13.9. The number of anilines is 2. The SMILES string of the molecule is COc1ccc(C(=O)N2CCCCC2)cc1C(=O)Nc1c(C(=O)Nc2ccc(F)c(C(F)(F)F)c2)sc2cc(C(F)(F)F)ccc12. The number of alkyl halides is 6. The Labute approximate surface area is 260 Å². The molecule has 0 spiro atoms. The van der Waals surface area contributed by atoms with Crippen LogP contribution in [-0.4, -0.2) is 42.8 Å². The minimum atomic E-state index is -5.07. The van der Waals surface area contributed by atoms with E-state index in [-0.39, 0.29) is 43.4 Å². The molecule has 1 aromatic heterocycles. The maximum absolute atomic E-state index is 13.8. The van der Waals surface area contributed by atoms with Gasteiger partial charge in [0.25, 0.3) is 17.7 Å². The van der Waals surface area contributed by atoms with Gasteiger partial charge in [-0.2, -0.15) is 26.3 Å². The summed E-state index contributed by atoms with van der Waals surface area (Å²) in [6.45, 7) is 1.09. The summed E-state index contributed by atoms with van der Waals surface area (Å²) >= 11 is 0.553. The zero-order valence-electron chi connectivity index (χ0n) is 23.9. The minimum absolute atomic E-state index is 0.0334. The summed E-state index contributed by atoms with van der Waals surface area (Å²) < 4.78 is 99.2. The van der Waals surface area contributed by atoms with Crippen LogP contribution in [0.1, 0.15) is 60.8 Å². The molecule has 242 valence electrons. The van der Waals surface area contributed by atoms with Crippen molar-refractivity contribution in [2.45, 2.75) is 31.6 Å². The van der Waals surface area contributed by atoms with Gasteiger partial charge in [0.15, 0.2) is 0 Å². The van der Waals surface area contributed by atoms with Gasteiger partial charge in [0.1, 0.15) is 16.4 Å². The second kappa shape index (κ2) is 12.6. The van der Waals surface area contributed by atoms with Crippen LogP contribution in [0.25, 0.3) is 10.1 Å². The highest BCUT2D eigenvalue weighted by atomic mass is 32.1. The van der Waals surface area contributed by atoms with E-state index in [2.05, 4.69) is 10.6 Å². The number of nitrogens with one attached hydrogen (secondary N) is 2. The van der Waals surface area contributed by atoms with Crippen LogP contribution in [0.5, 0.6) is 5.75 Å². The topological polar surface area (TPSA) is 87.7 Å². The number of halogens is 7. The van der Waals surface area contributed by atoms with E-state index in [4.69, 9.17) is 4.74 Å².